The molecule has 1 aliphatic heterocycles. The van der Waals surface area contributed by atoms with E-state index in [1.54, 1.807) is 0 Å². The summed E-state index contributed by atoms with van der Waals surface area (Å²) in [6.45, 7) is 5.08. The third-order valence-electron chi connectivity index (χ3n) is 3.16. The molecule has 2 nitrogen and oxygen atoms in total. The fourth-order valence-corrected chi connectivity index (χ4v) is 2.21. The van der Waals surface area contributed by atoms with E-state index in [-0.39, 0.29) is 12.1 Å². The second kappa shape index (κ2) is 4.33. The summed E-state index contributed by atoms with van der Waals surface area (Å²) in [5.74, 6) is 0. The fourth-order valence-electron chi connectivity index (χ4n) is 2.21. The average molecular weight is 205 g/mol. The van der Waals surface area contributed by atoms with Crippen molar-refractivity contribution in [2.24, 2.45) is 5.73 Å². The minimum Gasteiger partial charge on any atom is -0.376 e. The summed E-state index contributed by atoms with van der Waals surface area (Å²) >= 11 is 0. The number of benzene rings is 1. The first kappa shape index (κ1) is 10.7. The standard InChI is InChI=1S/C13H19NO/c1-9-5-6-10(2)11(8-9)13(14)12-4-3-7-15-12/h5-6,8,12-13H,3-4,7,14H2,1-2H3. The highest BCUT2D eigenvalue weighted by Gasteiger charge is 2.24. The van der Waals surface area contributed by atoms with Gasteiger partial charge in [0.05, 0.1) is 12.1 Å². The molecule has 1 aliphatic rings. The smallest absolute Gasteiger partial charge is 0.0768 e. The minimum atomic E-state index is 0.0346. The molecule has 0 spiro atoms. The maximum atomic E-state index is 6.24. The first-order valence-electron chi connectivity index (χ1n) is 5.63. The number of hydrogen-bond acceptors (Lipinski definition) is 2. The third kappa shape index (κ3) is 2.21. The van der Waals surface area contributed by atoms with E-state index < -0.39 is 0 Å². The van der Waals surface area contributed by atoms with Crippen LogP contribution in [-0.2, 0) is 4.74 Å². The maximum Gasteiger partial charge on any atom is 0.0768 e. The van der Waals surface area contributed by atoms with Gasteiger partial charge in [0.15, 0.2) is 0 Å². The Morgan fingerprint density at radius 2 is 2.20 bits per heavy atom. The fraction of sp³-hybridized carbons (Fsp3) is 0.538. The molecule has 1 fully saturated rings. The van der Waals surface area contributed by atoms with E-state index in [2.05, 4.69) is 32.0 Å². The molecule has 1 heterocycles. The molecule has 1 aromatic carbocycles. The van der Waals surface area contributed by atoms with Gasteiger partial charge in [0.2, 0.25) is 0 Å². The number of hydrogen-bond donors (Lipinski definition) is 1. The summed E-state index contributed by atoms with van der Waals surface area (Å²) in [5.41, 5.74) is 10.0. The van der Waals surface area contributed by atoms with Crippen molar-refractivity contribution < 1.29 is 4.74 Å². The lowest BCUT2D eigenvalue weighted by Crippen LogP contribution is -2.26. The molecule has 0 aromatic heterocycles. The minimum absolute atomic E-state index is 0.0346. The topological polar surface area (TPSA) is 35.2 Å². The van der Waals surface area contributed by atoms with Crippen LogP contribution in [0.5, 0.6) is 0 Å². The zero-order valence-corrected chi connectivity index (χ0v) is 9.49. The molecule has 0 amide bonds. The highest BCUT2D eigenvalue weighted by molar-refractivity contribution is 5.33. The van der Waals surface area contributed by atoms with E-state index in [1.807, 2.05) is 0 Å². The first-order chi connectivity index (χ1) is 7.18. The molecular formula is C13H19NO. The van der Waals surface area contributed by atoms with Crippen LogP contribution in [0.25, 0.3) is 0 Å². The van der Waals surface area contributed by atoms with Crippen LogP contribution >= 0.6 is 0 Å². The van der Waals surface area contributed by atoms with Gasteiger partial charge < -0.3 is 10.5 Å². The van der Waals surface area contributed by atoms with Crippen molar-refractivity contribution in [1.82, 2.24) is 0 Å². The molecule has 2 unspecified atom stereocenters. The molecule has 0 bridgehead atoms. The van der Waals surface area contributed by atoms with Crippen molar-refractivity contribution in [3.8, 4) is 0 Å². The van der Waals surface area contributed by atoms with E-state index in [4.69, 9.17) is 10.5 Å². The van der Waals surface area contributed by atoms with Crippen LogP contribution in [0.4, 0.5) is 0 Å². The zero-order valence-electron chi connectivity index (χ0n) is 9.49. The molecule has 1 saturated heterocycles. The Morgan fingerprint density at radius 1 is 1.40 bits per heavy atom. The normalized spacial score (nSPS) is 23.0. The van der Waals surface area contributed by atoms with Gasteiger partial charge in [-0.1, -0.05) is 23.8 Å². The van der Waals surface area contributed by atoms with Crippen LogP contribution in [0.1, 0.15) is 35.6 Å². The Bertz CT molecular complexity index is 342. The third-order valence-corrected chi connectivity index (χ3v) is 3.16. The Hall–Kier alpha value is -0.860. The van der Waals surface area contributed by atoms with Gasteiger partial charge in [0.25, 0.3) is 0 Å². The van der Waals surface area contributed by atoms with Crippen molar-refractivity contribution >= 4 is 0 Å². The van der Waals surface area contributed by atoms with Gasteiger partial charge in [0.1, 0.15) is 0 Å². The van der Waals surface area contributed by atoms with Gasteiger partial charge in [0, 0.05) is 6.61 Å². The van der Waals surface area contributed by atoms with E-state index in [0.29, 0.717) is 0 Å². The van der Waals surface area contributed by atoms with Crippen LogP contribution in [0.3, 0.4) is 0 Å². The molecule has 82 valence electrons. The lowest BCUT2D eigenvalue weighted by atomic mass is 9.95. The monoisotopic (exact) mass is 205 g/mol. The van der Waals surface area contributed by atoms with Gasteiger partial charge in [-0.15, -0.1) is 0 Å². The van der Waals surface area contributed by atoms with Crippen LogP contribution in [0, 0.1) is 13.8 Å². The number of rotatable bonds is 2. The largest absolute Gasteiger partial charge is 0.376 e. The molecule has 0 saturated carbocycles. The molecular weight excluding hydrogens is 186 g/mol. The molecule has 0 aliphatic carbocycles. The number of ether oxygens (including phenoxy) is 1. The summed E-state index contributed by atoms with van der Waals surface area (Å²) in [6.07, 6.45) is 2.45. The Balaban J connectivity index is 2.23. The van der Waals surface area contributed by atoms with Gasteiger partial charge in [-0.2, -0.15) is 0 Å². The van der Waals surface area contributed by atoms with Crippen molar-refractivity contribution in [2.75, 3.05) is 6.61 Å². The van der Waals surface area contributed by atoms with Crippen molar-refractivity contribution in [3.05, 3.63) is 34.9 Å². The molecule has 2 N–H and O–H groups in total. The van der Waals surface area contributed by atoms with Crippen LogP contribution in [-0.4, -0.2) is 12.7 Å². The molecule has 0 radical (unpaired) electrons. The lowest BCUT2D eigenvalue weighted by Gasteiger charge is -2.21. The first-order valence-corrected chi connectivity index (χ1v) is 5.63. The van der Waals surface area contributed by atoms with E-state index in [0.717, 1.165) is 19.4 Å². The summed E-state index contributed by atoms with van der Waals surface area (Å²) in [5, 5.41) is 0. The summed E-state index contributed by atoms with van der Waals surface area (Å²) in [6, 6.07) is 6.48. The number of nitrogens with two attached hydrogens (primary N) is 1. The van der Waals surface area contributed by atoms with Gasteiger partial charge in [-0.25, -0.2) is 0 Å². The number of aryl methyl sites for hydroxylation is 2. The molecule has 2 heteroatoms. The molecule has 15 heavy (non-hydrogen) atoms. The predicted molar refractivity (Wildman–Crippen MR) is 61.8 cm³/mol. The molecule has 2 atom stereocenters. The summed E-state index contributed by atoms with van der Waals surface area (Å²) in [4.78, 5) is 0. The Morgan fingerprint density at radius 3 is 2.87 bits per heavy atom. The van der Waals surface area contributed by atoms with Crippen molar-refractivity contribution in [2.45, 2.75) is 38.8 Å². The van der Waals surface area contributed by atoms with Crippen molar-refractivity contribution in [1.29, 1.82) is 0 Å². The second-order valence-corrected chi connectivity index (χ2v) is 4.44. The lowest BCUT2D eigenvalue weighted by molar-refractivity contribution is 0.0898. The Kier molecular flexibility index (Phi) is 3.08. The van der Waals surface area contributed by atoms with Crippen LogP contribution < -0.4 is 5.73 Å². The van der Waals surface area contributed by atoms with Crippen molar-refractivity contribution in [3.63, 3.8) is 0 Å². The second-order valence-electron chi connectivity index (χ2n) is 4.44. The average Bonchev–Trinajstić information content (AvgIpc) is 2.74. The highest BCUT2D eigenvalue weighted by atomic mass is 16.5. The van der Waals surface area contributed by atoms with Crippen LogP contribution in [0.2, 0.25) is 0 Å². The molecule has 2 rings (SSSR count). The molecule has 1 aromatic rings. The van der Waals surface area contributed by atoms with E-state index in [1.165, 1.54) is 16.7 Å². The summed E-state index contributed by atoms with van der Waals surface area (Å²) in [7, 11) is 0. The van der Waals surface area contributed by atoms with Gasteiger partial charge in [-0.3, -0.25) is 0 Å². The highest BCUT2D eigenvalue weighted by Crippen LogP contribution is 2.27. The van der Waals surface area contributed by atoms with E-state index >= 15 is 0 Å². The Labute approximate surface area is 91.4 Å². The summed E-state index contributed by atoms with van der Waals surface area (Å²) < 4.78 is 5.64. The van der Waals surface area contributed by atoms with Gasteiger partial charge >= 0.3 is 0 Å². The quantitative estimate of drug-likeness (QED) is 0.805. The predicted octanol–water partition coefficient (Wildman–Crippen LogP) is 2.48. The van der Waals surface area contributed by atoms with E-state index in [9.17, 15) is 0 Å². The zero-order chi connectivity index (χ0) is 10.8. The maximum absolute atomic E-state index is 6.24. The SMILES string of the molecule is Cc1ccc(C)c(C(N)C2CCCO2)c1. The van der Waals surface area contributed by atoms with Crippen LogP contribution in [0.15, 0.2) is 18.2 Å². The van der Waals surface area contributed by atoms with Gasteiger partial charge in [-0.05, 0) is 37.8 Å².